The van der Waals surface area contributed by atoms with Gasteiger partial charge in [0, 0.05) is 28.4 Å². The molecule has 0 unspecified atom stereocenters. The number of carbonyl (C=O) groups excluding carboxylic acids is 3. The quantitative estimate of drug-likeness (QED) is 0.0638. The predicted molar refractivity (Wildman–Crippen MR) is 196 cm³/mol. The number of hydrogen-bond donors (Lipinski definition) is 6. The maximum Gasteiger partial charge on any atom is 0.422 e. The molecule has 1 saturated carbocycles. The Labute approximate surface area is 322 Å². The zero-order valence-electron chi connectivity index (χ0n) is 30.0. The number of anilines is 3. The lowest BCUT2D eigenvalue weighted by molar-refractivity contribution is -0.154. The average molecular weight is 801 g/mol. The summed E-state index contributed by atoms with van der Waals surface area (Å²) < 4.78 is 56.9. The first-order chi connectivity index (χ1) is 26.4. The number of amides is 3. The van der Waals surface area contributed by atoms with Gasteiger partial charge < -0.3 is 36.4 Å². The van der Waals surface area contributed by atoms with Gasteiger partial charge in [0.15, 0.2) is 6.61 Å². The Bertz CT molecular complexity index is 2050. The van der Waals surface area contributed by atoms with Gasteiger partial charge in [-0.25, -0.2) is 9.18 Å². The van der Waals surface area contributed by atoms with Crippen molar-refractivity contribution in [3.8, 4) is 6.01 Å². The van der Waals surface area contributed by atoms with E-state index in [1.807, 2.05) is 12.1 Å². The van der Waals surface area contributed by atoms with Crippen LogP contribution < -0.4 is 31.3 Å². The van der Waals surface area contributed by atoms with Gasteiger partial charge in [-0.3, -0.25) is 14.4 Å². The van der Waals surface area contributed by atoms with Gasteiger partial charge in [0.1, 0.15) is 11.9 Å². The predicted octanol–water partition coefficient (Wildman–Crippen LogP) is 5.28. The van der Waals surface area contributed by atoms with E-state index in [0.717, 1.165) is 11.1 Å². The molecule has 56 heavy (non-hydrogen) atoms. The van der Waals surface area contributed by atoms with E-state index in [1.54, 1.807) is 38.1 Å². The van der Waals surface area contributed by atoms with Crippen molar-refractivity contribution in [2.75, 3.05) is 23.8 Å². The molecule has 1 fully saturated rings. The molecule has 5 rings (SSSR count). The van der Waals surface area contributed by atoms with Crippen LogP contribution in [-0.4, -0.2) is 74.7 Å². The molecule has 1 atom stereocenters. The number of hydrogen-bond acceptors (Lipinski definition) is 10. The minimum Gasteiger partial charge on any atom is -0.480 e. The van der Waals surface area contributed by atoms with E-state index in [1.165, 1.54) is 36.4 Å². The minimum atomic E-state index is -4.65. The Balaban J connectivity index is 1.16. The van der Waals surface area contributed by atoms with E-state index < -0.39 is 65.4 Å². The van der Waals surface area contributed by atoms with Crippen LogP contribution in [0.15, 0.2) is 72.8 Å². The smallest absolute Gasteiger partial charge is 0.422 e. The van der Waals surface area contributed by atoms with Gasteiger partial charge in [0.05, 0.1) is 5.54 Å². The Morgan fingerprint density at radius 2 is 1.54 bits per heavy atom. The van der Waals surface area contributed by atoms with E-state index in [2.05, 4.69) is 41.5 Å². The third kappa shape index (κ3) is 12.0. The molecule has 1 heterocycles. The van der Waals surface area contributed by atoms with Crippen molar-refractivity contribution < 1.29 is 46.6 Å². The lowest BCUT2D eigenvalue weighted by Gasteiger charge is -2.26. The highest BCUT2D eigenvalue weighted by atomic mass is 35.5. The molecule has 0 saturated heterocycles. The standard InChI is InChI=1S/C37H37ClF4N8O6/c1-35(2,19-21-3-11-25(39)12-4-21)49-30(53)29(52)43-18-15-27(31(54)55)45-28(51)22-5-13-26(14-6-22)44-32-46-33(48-34(47-32)56-20-37(40,41)42)50-36(16-17-36)23-7-9-24(38)10-8-23/h3-14,27H,15-20H2,1-2H3,(H,43,52)(H,45,51)(H,49,53)(H,54,55)(H2,44,46,47,48,50)/t27-/m0/s1. The molecule has 3 aromatic carbocycles. The molecular formula is C37H37ClF4N8O6. The topological polar surface area (TPSA) is 197 Å². The summed E-state index contributed by atoms with van der Waals surface area (Å²) in [6.45, 7) is 1.47. The van der Waals surface area contributed by atoms with Crippen LogP contribution in [0.3, 0.4) is 0 Å². The molecular weight excluding hydrogens is 764 g/mol. The summed E-state index contributed by atoms with van der Waals surface area (Å²) in [6, 6.07) is 16.3. The largest absolute Gasteiger partial charge is 0.480 e. The van der Waals surface area contributed by atoms with Gasteiger partial charge in [0.25, 0.3) is 5.91 Å². The number of rotatable bonds is 16. The molecule has 6 N–H and O–H groups in total. The lowest BCUT2D eigenvalue weighted by Crippen LogP contribution is -2.51. The fourth-order valence-corrected chi connectivity index (χ4v) is 5.66. The molecule has 14 nitrogen and oxygen atoms in total. The van der Waals surface area contributed by atoms with Crippen LogP contribution in [0.1, 0.15) is 54.6 Å². The van der Waals surface area contributed by atoms with Crippen molar-refractivity contribution in [2.24, 2.45) is 0 Å². The average Bonchev–Trinajstić information content (AvgIpc) is 3.91. The summed E-state index contributed by atoms with van der Waals surface area (Å²) in [5.41, 5.74) is 0.540. The van der Waals surface area contributed by atoms with Crippen LogP contribution in [0.25, 0.3) is 0 Å². The molecule has 1 aromatic heterocycles. The number of nitrogens with zero attached hydrogens (tertiary/aromatic N) is 3. The van der Waals surface area contributed by atoms with Crippen LogP contribution in [0.5, 0.6) is 6.01 Å². The Kier molecular flexibility index (Phi) is 12.6. The van der Waals surface area contributed by atoms with Crippen molar-refractivity contribution in [1.82, 2.24) is 30.9 Å². The second-order valence-corrected chi connectivity index (χ2v) is 14.1. The van der Waals surface area contributed by atoms with Crippen molar-refractivity contribution in [3.05, 3.63) is 100 Å². The van der Waals surface area contributed by atoms with Crippen LogP contribution in [-0.2, 0) is 26.3 Å². The van der Waals surface area contributed by atoms with Crippen molar-refractivity contribution in [3.63, 3.8) is 0 Å². The number of carbonyl (C=O) groups is 4. The van der Waals surface area contributed by atoms with Crippen LogP contribution in [0, 0.1) is 5.82 Å². The van der Waals surface area contributed by atoms with E-state index in [0.29, 0.717) is 30.0 Å². The van der Waals surface area contributed by atoms with Crippen LogP contribution in [0.4, 0.5) is 35.1 Å². The summed E-state index contributed by atoms with van der Waals surface area (Å²) in [7, 11) is 0. The zero-order chi connectivity index (χ0) is 40.7. The monoisotopic (exact) mass is 800 g/mol. The van der Waals surface area contributed by atoms with E-state index in [9.17, 15) is 41.8 Å². The summed E-state index contributed by atoms with van der Waals surface area (Å²) in [5, 5.41) is 23.5. The van der Waals surface area contributed by atoms with Crippen molar-refractivity contribution in [2.45, 2.75) is 62.8 Å². The highest BCUT2D eigenvalue weighted by Crippen LogP contribution is 2.48. The van der Waals surface area contributed by atoms with Gasteiger partial charge in [-0.05, 0) is 99.2 Å². The third-order valence-corrected chi connectivity index (χ3v) is 8.67. The second-order valence-electron chi connectivity index (χ2n) is 13.6. The number of benzene rings is 3. The van der Waals surface area contributed by atoms with E-state index >= 15 is 0 Å². The van der Waals surface area contributed by atoms with Crippen LogP contribution >= 0.6 is 11.6 Å². The molecule has 1 aliphatic rings. The van der Waals surface area contributed by atoms with Crippen molar-refractivity contribution >= 4 is 52.9 Å². The Morgan fingerprint density at radius 1 is 0.893 bits per heavy atom. The minimum absolute atomic E-state index is 0.0506. The van der Waals surface area contributed by atoms with Gasteiger partial charge >= 0.3 is 30.0 Å². The molecule has 3 amide bonds. The first-order valence-corrected chi connectivity index (χ1v) is 17.5. The number of ether oxygens (including phenoxy) is 1. The van der Waals surface area contributed by atoms with E-state index in [-0.39, 0.29) is 30.4 Å². The first-order valence-electron chi connectivity index (χ1n) is 17.1. The Hall–Kier alpha value is -6.04. The van der Waals surface area contributed by atoms with Gasteiger partial charge in [-0.15, -0.1) is 0 Å². The molecule has 0 spiro atoms. The number of alkyl halides is 3. The molecule has 0 bridgehead atoms. The Morgan fingerprint density at radius 3 is 2.14 bits per heavy atom. The summed E-state index contributed by atoms with van der Waals surface area (Å²) in [6.07, 6.45) is -3.22. The van der Waals surface area contributed by atoms with Crippen LogP contribution in [0.2, 0.25) is 5.02 Å². The fraction of sp³-hybridized carbons (Fsp3) is 0.324. The second kappa shape index (κ2) is 17.2. The maximum absolute atomic E-state index is 13.2. The molecule has 296 valence electrons. The summed E-state index contributed by atoms with van der Waals surface area (Å²) in [5.74, 6) is -4.74. The number of carboxylic acid groups (broad SMARTS) is 1. The molecule has 1 aliphatic carbocycles. The zero-order valence-corrected chi connectivity index (χ0v) is 30.7. The lowest BCUT2D eigenvalue weighted by atomic mass is 9.95. The molecule has 4 aromatic rings. The number of nitrogens with one attached hydrogen (secondary N) is 5. The summed E-state index contributed by atoms with van der Waals surface area (Å²) in [4.78, 5) is 62.1. The SMILES string of the molecule is CC(C)(Cc1ccc(F)cc1)NC(=O)C(=O)NCC[C@H](NC(=O)c1ccc(Nc2nc(NC3(c4ccc(Cl)cc4)CC3)nc(OCC(F)(F)F)n2)cc1)C(=O)O. The number of aliphatic carboxylic acids is 1. The molecule has 0 aliphatic heterocycles. The van der Waals surface area contributed by atoms with Gasteiger partial charge in [0.2, 0.25) is 11.9 Å². The number of carboxylic acids is 1. The third-order valence-electron chi connectivity index (χ3n) is 8.42. The molecule has 0 radical (unpaired) electrons. The fourth-order valence-electron chi connectivity index (χ4n) is 5.54. The number of aromatic nitrogens is 3. The molecule has 19 heteroatoms. The number of halogens is 5. The maximum atomic E-state index is 13.2. The van der Waals surface area contributed by atoms with E-state index in [4.69, 9.17) is 16.3 Å². The summed E-state index contributed by atoms with van der Waals surface area (Å²) >= 11 is 6.02. The van der Waals surface area contributed by atoms with Crippen molar-refractivity contribution in [1.29, 1.82) is 0 Å². The highest BCUT2D eigenvalue weighted by Gasteiger charge is 2.45. The highest BCUT2D eigenvalue weighted by molar-refractivity contribution is 6.35. The first kappa shape index (κ1) is 41.1. The van der Waals surface area contributed by atoms with Gasteiger partial charge in [-0.1, -0.05) is 35.9 Å². The normalized spacial score (nSPS) is 13.8. The van der Waals surface area contributed by atoms with Gasteiger partial charge in [-0.2, -0.15) is 28.1 Å².